The molecule has 5 heteroatoms. The summed E-state index contributed by atoms with van der Waals surface area (Å²) < 4.78 is 4.57. The standard InChI is InChI=1S/C16H20N2O3/c1-21-15(19)9-3-2-6-10-17-16(20)13-11-18-14-8-5-4-7-12(13)14/h4-5,7-8,11,18H,2-3,6,9-10H2,1H3,(H,17,20). The highest BCUT2D eigenvalue weighted by Crippen LogP contribution is 2.17. The molecule has 2 N–H and O–H groups in total. The quantitative estimate of drug-likeness (QED) is 0.607. The van der Waals surface area contributed by atoms with Gasteiger partial charge in [-0.2, -0.15) is 0 Å². The minimum Gasteiger partial charge on any atom is -0.469 e. The lowest BCUT2D eigenvalue weighted by atomic mass is 10.1. The molecule has 0 bridgehead atoms. The second-order valence-electron chi connectivity index (χ2n) is 4.89. The molecule has 1 aromatic carbocycles. The smallest absolute Gasteiger partial charge is 0.305 e. The van der Waals surface area contributed by atoms with E-state index in [-0.39, 0.29) is 11.9 Å². The first kappa shape index (κ1) is 15.1. The van der Waals surface area contributed by atoms with E-state index in [0.717, 1.165) is 30.2 Å². The second kappa shape index (κ2) is 7.47. The molecule has 0 saturated carbocycles. The molecule has 0 aliphatic rings. The van der Waals surface area contributed by atoms with E-state index in [1.165, 1.54) is 7.11 Å². The summed E-state index contributed by atoms with van der Waals surface area (Å²) in [5.74, 6) is -0.252. The van der Waals surface area contributed by atoms with Gasteiger partial charge >= 0.3 is 5.97 Å². The van der Waals surface area contributed by atoms with E-state index >= 15 is 0 Å². The van der Waals surface area contributed by atoms with Crippen LogP contribution in [-0.4, -0.2) is 30.5 Å². The van der Waals surface area contributed by atoms with Gasteiger partial charge in [-0.1, -0.05) is 24.6 Å². The van der Waals surface area contributed by atoms with Gasteiger partial charge in [-0.15, -0.1) is 0 Å². The third-order valence-electron chi connectivity index (χ3n) is 3.40. The van der Waals surface area contributed by atoms with E-state index in [9.17, 15) is 9.59 Å². The summed E-state index contributed by atoms with van der Waals surface area (Å²) in [6.07, 6.45) is 4.70. The maximum atomic E-state index is 12.1. The van der Waals surface area contributed by atoms with Gasteiger partial charge in [0.2, 0.25) is 0 Å². The van der Waals surface area contributed by atoms with Crippen molar-refractivity contribution >= 4 is 22.8 Å². The van der Waals surface area contributed by atoms with Crippen molar-refractivity contribution < 1.29 is 14.3 Å². The molecule has 1 heterocycles. The maximum Gasteiger partial charge on any atom is 0.305 e. The molecular formula is C16H20N2O3. The van der Waals surface area contributed by atoms with Gasteiger partial charge < -0.3 is 15.0 Å². The van der Waals surface area contributed by atoms with Gasteiger partial charge in [-0.3, -0.25) is 9.59 Å². The van der Waals surface area contributed by atoms with Crippen molar-refractivity contribution in [3.63, 3.8) is 0 Å². The van der Waals surface area contributed by atoms with Crippen molar-refractivity contribution in [3.05, 3.63) is 36.0 Å². The van der Waals surface area contributed by atoms with Crippen LogP contribution in [-0.2, 0) is 9.53 Å². The number of fused-ring (bicyclic) bond motifs is 1. The Morgan fingerprint density at radius 3 is 2.81 bits per heavy atom. The van der Waals surface area contributed by atoms with E-state index in [1.807, 2.05) is 24.3 Å². The Morgan fingerprint density at radius 1 is 1.19 bits per heavy atom. The first-order valence-corrected chi connectivity index (χ1v) is 7.13. The Hall–Kier alpha value is -2.30. The predicted molar refractivity (Wildman–Crippen MR) is 81.1 cm³/mol. The highest BCUT2D eigenvalue weighted by Gasteiger charge is 2.10. The average molecular weight is 288 g/mol. The molecule has 1 aromatic heterocycles. The zero-order valence-corrected chi connectivity index (χ0v) is 12.1. The number of unbranched alkanes of at least 4 members (excludes halogenated alkanes) is 2. The number of benzene rings is 1. The summed E-state index contributed by atoms with van der Waals surface area (Å²) in [5, 5.41) is 3.84. The zero-order chi connectivity index (χ0) is 15.1. The molecule has 0 atom stereocenters. The number of carbonyl (C=O) groups excluding carboxylic acids is 2. The average Bonchev–Trinajstić information content (AvgIpc) is 2.94. The van der Waals surface area contributed by atoms with Crippen LogP contribution in [0.3, 0.4) is 0 Å². The number of methoxy groups -OCH3 is 1. The number of para-hydroxylation sites is 1. The Morgan fingerprint density at radius 2 is 2.00 bits per heavy atom. The van der Waals surface area contributed by atoms with Crippen molar-refractivity contribution in [2.45, 2.75) is 25.7 Å². The van der Waals surface area contributed by atoms with Gasteiger partial charge in [0.1, 0.15) is 0 Å². The number of esters is 1. The molecule has 0 saturated heterocycles. The fourth-order valence-electron chi connectivity index (χ4n) is 2.23. The number of nitrogens with one attached hydrogen (secondary N) is 2. The lowest BCUT2D eigenvalue weighted by Gasteiger charge is -2.04. The third-order valence-corrected chi connectivity index (χ3v) is 3.40. The number of aromatic nitrogens is 1. The lowest BCUT2D eigenvalue weighted by molar-refractivity contribution is -0.140. The minimum atomic E-state index is -0.183. The van der Waals surface area contributed by atoms with Crippen molar-refractivity contribution in [2.24, 2.45) is 0 Å². The first-order chi connectivity index (χ1) is 10.2. The zero-order valence-electron chi connectivity index (χ0n) is 12.1. The summed E-state index contributed by atoms with van der Waals surface area (Å²) in [4.78, 5) is 26.1. The monoisotopic (exact) mass is 288 g/mol. The Labute approximate surface area is 123 Å². The van der Waals surface area contributed by atoms with E-state index in [0.29, 0.717) is 18.5 Å². The Bertz CT molecular complexity index is 619. The summed E-state index contributed by atoms with van der Waals surface area (Å²) in [6.45, 7) is 0.611. The molecule has 0 fully saturated rings. The van der Waals surface area contributed by atoms with Crippen LogP contribution in [0.15, 0.2) is 30.5 Å². The third kappa shape index (κ3) is 4.08. The van der Waals surface area contributed by atoms with E-state index in [2.05, 4.69) is 15.0 Å². The highest BCUT2D eigenvalue weighted by molar-refractivity contribution is 6.06. The number of amides is 1. The summed E-state index contributed by atoms with van der Waals surface area (Å²) in [6, 6.07) is 7.72. The van der Waals surface area contributed by atoms with E-state index < -0.39 is 0 Å². The number of hydrogen-bond donors (Lipinski definition) is 2. The van der Waals surface area contributed by atoms with Crippen LogP contribution in [0.1, 0.15) is 36.0 Å². The predicted octanol–water partition coefficient (Wildman–Crippen LogP) is 2.63. The largest absolute Gasteiger partial charge is 0.469 e. The topological polar surface area (TPSA) is 71.2 Å². The van der Waals surface area contributed by atoms with Gasteiger partial charge in [-0.05, 0) is 18.9 Å². The van der Waals surface area contributed by atoms with Gasteiger partial charge in [0.25, 0.3) is 5.91 Å². The number of aromatic amines is 1. The molecule has 0 spiro atoms. The summed E-state index contributed by atoms with van der Waals surface area (Å²) in [7, 11) is 1.39. The Balaban J connectivity index is 1.74. The molecule has 0 unspecified atom stereocenters. The Kier molecular flexibility index (Phi) is 5.37. The fraction of sp³-hybridized carbons (Fsp3) is 0.375. The highest BCUT2D eigenvalue weighted by atomic mass is 16.5. The van der Waals surface area contributed by atoms with Gasteiger partial charge in [0.15, 0.2) is 0 Å². The molecule has 5 nitrogen and oxygen atoms in total. The molecule has 0 aliphatic carbocycles. The van der Waals surface area contributed by atoms with Crippen LogP contribution in [0.5, 0.6) is 0 Å². The molecule has 0 radical (unpaired) electrons. The van der Waals surface area contributed by atoms with Crippen molar-refractivity contribution in [2.75, 3.05) is 13.7 Å². The van der Waals surface area contributed by atoms with Crippen molar-refractivity contribution in [1.29, 1.82) is 0 Å². The molecule has 21 heavy (non-hydrogen) atoms. The number of H-pyrrole nitrogens is 1. The van der Waals surface area contributed by atoms with Crippen LogP contribution in [0.25, 0.3) is 10.9 Å². The van der Waals surface area contributed by atoms with Crippen LogP contribution in [0.4, 0.5) is 0 Å². The summed E-state index contributed by atoms with van der Waals surface area (Å²) >= 11 is 0. The van der Waals surface area contributed by atoms with Crippen molar-refractivity contribution in [3.8, 4) is 0 Å². The van der Waals surface area contributed by atoms with Crippen LogP contribution >= 0.6 is 0 Å². The fourth-order valence-corrected chi connectivity index (χ4v) is 2.23. The number of rotatable bonds is 7. The first-order valence-electron chi connectivity index (χ1n) is 7.13. The normalized spacial score (nSPS) is 10.5. The molecule has 0 aliphatic heterocycles. The molecule has 2 rings (SSSR count). The van der Waals surface area contributed by atoms with Crippen LogP contribution in [0, 0.1) is 0 Å². The van der Waals surface area contributed by atoms with Crippen molar-refractivity contribution in [1.82, 2.24) is 10.3 Å². The van der Waals surface area contributed by atoms with Crippen LogP contribution < -0.4 is 5.32 Å². The van der Waals surface area contributed by atoms with Gasteiger partial charge in [0, 0.05) is 30.1 Å². The molecule has 2 aromatic rings. The lowest BCUT2D eigenvalue weighted by Crippen LogP contribution is -2.24. The minimum absolute atomic E-state index is 0.0691. The van der Waals surface area contributed by atoms with Gasteiger partial charge in [-0.25, -0.2) is 0 Å². The summed E-state index contributed by atoms with van der Waals surface area (Å²) in [5.41, 5.74) is 1.63. The molecule has 112 valence electrons. The number of hydrogen-bond acceptors (Lipinski definition) is 3. The molecule has 1 amide bonds. The maximum absolute atomic E-state index is 12.1. The molecular weight excluding hydrogens is 268 g/mol. The number of ether oxygens (including phenoxy) is 1. The van der Waals surface area contributed by atoms with Gasteiger partial charge in [0.05, 0.1) is 12.7 Å². The SMILES string of the molecule is COC(=O)CCCCCNC(=O)c1c[nH]c2ccccc12. The number of carbonyl (C=O) groups is 2. The van der Waals surface area contributed by atoms with E-state index in [4.69, 9.17) is 0 Å². The second-order valence-corrected chi connectivity index (χ2v) is 4.89. The van der Waals surface area contributed by atoms with E-state index in [1.54, 1.807) is 6.20 Å². The van der Waals surface area contributed by atoms with Crippen LogP contribution in [0.2, 0.25) is 0 Å².